The van der Waals surface area contributed by atoms with Gasteiger partial charge in [0.05, 0.1) is 10.7 Å². The molecule has 1 amide bonds. The summed E-state index contributed by atoms with van der Waals surface area (Å²) in [5, 5.41) is -0.165. The van der Waals surface area contributed by atoms with Crippen LogP contribution in [0.5, 0.6) is 0 Å². The van der Waals surface area contributed by atoms with Crippen molar-refractivity contribution in [2.45, 2.75) is 37.4 Å². The van der Waals surface area contributed by atoms with Gasteiger partial charge in [0.25, 0.3) is 0 Å². The Hall–Kier alpha value is -0.620. The summed E-state index contributed by atoms with van der Waals surface area (Å²) in [5.41, 5.74) is -0.422. The van der Waals surface area contributed by atoms with Gasteiger partial charge in [-0.05, 0) is 32.1 Å². The highest BCUT2D eigenvalue weighted by Crippen LogP contribution is 2.42. The van der Waals surface area contributed by atoms with Gasteiger partial charge in [0, 0.05) is 26.7 Å². The molecule has 2 saturated heterocycles. The minimum Gasteiger partial charge on any atom is -0.345 e. The Bertz CT molecular complexity index is 468. The van der Waals surface area contributed by atoms with Crippen molar-refractivity contribution < 1.29 is 13.2 Å². The van der Waals surface area contributed by atoms with E-state index in [0.717, 1.165) is 38.6 Å². The second kappa shape index (κ2) is 3.93. The van der Waals surface area contributed by atoms with Crippen LogP contribution in [0.1, 0.15) is 32.1 Å². The molecule has 5 nitrogen and oxygen atoms in total. The van der Waals surface area contributed by atoms with Crippen LogP contribution in [0.2, 0.25) is 0 Å². The van der Waals surface area contributed by atoms with Crippen LogP contribution in [0.4, 0.5) is 0 Å². The summed E-state index contributed by atoms with van der Waals surface area (Å²) in [4.78, 5) is 14.0. The normalized spacial score (nSPS) is 34.5. The van der Waals surface area contributed by atoms with Gasteiger partial charge in [0.15, 0.2) is 0 Å². The molecule has 102 valence electrons. The van der Waals surface area contributed by atoms with Gasteiger partial charge in [-0.1, -0.05) is 0 Å². The third-order valence-electron chi connectivity index (χ3n) is 4.57. The molecule has 0 N–H and O–H groups in total. The Balaban J connectivity index is 1.82. The molecule has 0 aromatic heterocycles. The van der Waals surface area contributed by atoms with Crippen LogP contribution in [0, 0.1) is 5.41 Å². The summed E-state index contributed by atoms with van der Waals surface area (Å²) < 4.78 is 26.1. The molecule has 6 heteroatoms. The highest BCUT2D eigenvalue weighted by atomic mass is 32.2. The smallest absolute Gasteiger partial charge is 0.229 e. The molecular weight excluding hydrogens is 252 g/mol. The maximum Gasteiger partial charge on any atom is 0.229 e. The maximum absolute atomic E-state index is 12.3. The molecule has 2 heterocycles. The van der Waals surface area contributed by atoms with E-state index in [4.69, 9.17) is 0 Å². The van der Waals surface area contributed by atoms with Gasteiger partial charge < -0.3 is 4.90 Å². The Morgan fingerprint density at radius 3 is 2.50 bits per heavy atom. The number of carbonyl (C=O) groups excluding carboxylic acids is 1. The van der Waals surface area contributed by atoms with Crippen LogP contribution >= 0.6 is 0 Å². The number of hydrogen-bond acceptors (Lipinski definition) is 3. The molecule has 2 aliphatic heterocycles. The van der Waals surface area contributed by atoms with Gasteiger partial charge in [0.1, 0.15) is 0 Å². The van der Waals surface area contributed by atoms with Gasteiger partial charge in [-0.25, -0.2) is 12.7 Å². The SMILES string of the molecule is CN1CC[C@@]2(CCCN(S(=O)(=O)C3CC3)C2)C1=O. The summed E-state index contributed by atoms with van der Waals surface area (Å²) >= 11 is 0. The molecular formula is C12H20N2O3S. The van der Waals surface area contributed by atoms with Crippen molar-refractivity contribution >= 4 is 15.9 Å². The van der Waals surface area contributed by atoms with Crippen LogP contribution in [0.25, 0.3) is 0 Å². The number of likely N-dealkylation sites (tertiary alicyclic amines) is 1. The molecule has 1 atom stereocenters. The molecule has 3 rings (SSSR count). The zero-order valence-electron chi connectivity index (χ0n) is 10.8. The van der Waals surface area contributed by atoms with E-state index in [1.54, 1.807) is 9.21 Å². The highest BCUT2D eigenvalue weighted by molar-refractivity contribution is 7.90. The van der Waals surface area contributed by atoms with E-state index in [1.165, 1.54) is 0 Å². The van der Waals surface area contributed by atoms with Crippen LogP contribution in [0.3, 0.4) is 0 Å². The molecule has 3 aliphatic rings. The second-order valence-corrected chi connectivity index (χ2v) is 8.15. The fourth-order valence-electron chi connectivity index (χ4n) is 3.26. The lowest BCUT2D eigenvalue weighted by Gasteiger charge is -2.38. The Kier molecular flexibility index (Phi) is 2.71. The molecule has 1 saturated carbocycles. The lowest BCUT2D eigenvalue weighted by Crippen LogP contribution is -2.50. The zero-order chi connectivity index (χ0) is 13.0. The summed E-state index contributed by atoms with van der Waals surface area (Å²) in [6, 6.07) is 0. The Morgan fingerprint density at radius 1 is 1.22 bits per heavy atom. The number of piperidine rings is 1. The van der Waals surface area contributed by atoms with Crippen molar-refractivity contribution in [3.63, 3.8) is 0 Å². The van der Waals surface area contributed by atoms with Crippen molar-refractivity contribution in [3.05, 3.63) is 0 Å². The molecule has 0 unspecified atom stereocenters. The predicted octanol–water partition coefficient (Wildman–Crippen LogP) is 0.423. The molecule has 0 aromatic rings. The third kappa shape index (κ3) is 1.77. The van der Waals surface area contributed by atoms with Gasteiger partial charge in [0.2, 0.25) is 15.9 Å². The second-order valence-electron chi connectivity index (χ2n) is 5.94. The van der Waals surface area contributed by atoms with Crippen LogP contribution in [-0.4, -0.2) is 55.5 Å². The van der Waals surface area contributed by atoms with E-state index in [2.05, 4.69) is 0 Å². The molecule has 3 fully saturated rings. The van der Waals surface area contributed by atoms with Crippen LogP contribution in [0.15, 0.2) is 0 Å². The first-order chi connectivity index (χ1) is 8.46. The van der Waals surface area contributed by atoms with Gasteiger partial charge in [-0.3, -0.25) is 4.79 Å². The van der Waals surface area contributed by atoms with Gasteiger partial charge >= 0.3 is 0 Å². The summed E-state index contributed by atoms with van der Waals surface area (Å²) in [7, 11) is -1.32. The van der Waals surface area contributed by atoms with E-state index < -0.39 is 15.4 Å². The largest absolute Gasteiger partial charge is 0.345 e. The average molecular weight is 272 g/mol. The number of hydrogen-bond donors (Lipinski definition) is 0. The lowest BCUT2D eigenvalue weighted by molar-refractivity contribution is -0.136. The Labute approximate surface area is 108 Å². The third-order valence-corrected chi connectivity index (χ3v) is 6.92. The summed E-state index contributed by atoms with van der Waals surface area (Å²) in [6.07, 6.45) is 4.04. The molecule has 0 aromatic carbocycles. The Morgan fingerprint density at radius 2 is 1.94 bits per heavy atom. The topological polar surface area (TPSA) is 57.7 Å². The first-order valence-electron chi connectivity index (χ1n) is 6.70. The standard InChI is InChI=1S/C12H20N2O3S/c1-13-8-6-12(11(13)15)5-2-7-14(9-12)18(16,17)10-3-4-10/h10H,2-9H2,1H3/t12-/m1/s1. The zero-order valence-corrected chi connectivity index (χ0v) is 11.6. The predicted molar refractivity (Wildman–Crippen MR) is 67.4 cm³/mol. The number of amides is 1. The first-order valence-corrected chi connectivity index (χ1v) is 8.21. The maximum atomic E-state index is 12.3. The van der Waals surface area contributed by atoms with E-state index in [-0.39, 0.29) is 11.2 Å². The fraction of sp³-hybridized carbons (Fsp3) is 0.917. The van der Waals surface area contributed by atoms with Crippen molar-refractivity contribution in [3.8, 4) is 0 Å². The molecule has 1 spiro atoms. The van der Waals surface area contributed by atoms with E-state index in [1.807, 2.05) is 7.05 Å². The van der Waals surface area contributed by atoms with E-state index in [0.29, 0.717) is 13.1 Å². The van der Waals surface area contributed by atoms with Crippen molar-refractivity contribution in [2.24, 2.45) is 5.41 Å². The number of nitrogens with zero attached hydrogens (tertiary/aromatic N) is 2. The summed E-state index contributed by atoms with van der Waals surface area (Å²) in [5.74, 6) is 0.137. The number of sulfonamides is 1. The molecule has 18 heavy (non-hydrogen) atoms. The average Bonchev–Trinajstić information content (AvgIpc) is 3.16. The quantitative estimate of drug-likeness (QED) is 0.732. The summed E-state index contributed by atoms with van der Waals surface area (Å²) in [6.45, 7) is 1.77. The molecule has 0 bridgehead atoms. The monoisotopic (exact) mass is 272 g/mol. The highest BCUT2D eigenvalue weighted by Gasteiger charge is 2.51. The fourth-order valence-corrected chi connectivity index (χ4v) is 5.22. The number of rotatable bonds is 2. The van der Waals surface area contributed by atoms with Crippen LogP contribution < -0.4 is 0 Å². The van der Waals surface area contributed by atoms with Crippen molar-refractivity contribution in [1.29, 1.82) is 0 Å². The first kappa shape index (κ1) is 12.4. The van der Waals surface area contributed by atoms with E-state index in [9.17, 15) is 13.2 Å². The van der Waals surface area contributed by atoms with Crippen molar-refractivity contribution in [2.75, 3.05) is 26.7 Å². The lowest BCUT2D eigenvalue weighted by atomic mass is 9.79. The van der Waals surface area contributed by atoms with Gasteiger partial charge in [-0.2, -0.15) is 0 Å². The minimum atomic E-state index is -3.13. The van der Waals surface area contributed by atoms with Crippen molar-refractivity contribution in [1.82, 2.24) is 9.21 Å². The molecule has 0 radical (unpaired) electrons. The van der Waals surface area contributed by atoms with Crippen LogP contribution in [-0.2, 0) is 14.8 Å². The van der Waals surface area contributed by atoms with Gasteiger partial charge in [-0.15, -0.1) is 0 Å². The molecule has 1 aliphatic carbocycles. The minimum absolute atomic E-state index is 0.137. The number of carbonyl (C=O) groups is 1. The van der Waals surface area contributed by atoms with E-state index >= 15 is 0 Å².